The van der Waals surface area contributed by atoms with E-state index in [1.54, 1.807) is 5.56 Å². The topological polar surface area (TPSA) is 17.3 Å². The lowest BCUT2D eigenvalue weighted by Gasteiger charge is -2.57. The summed E-state index contributed by atoms with van der Waals surface area (Å²) in [7, 11) is 2.11. The summed E-state index contributed by atoms with van der Waals surface area (Å²) in [4.78, 5) is 4.74. The van der Waals surface area contributed by atoms with E-state index >= 15 is 0 Å². The van der Waals surface area contributed by atoms with Crippen molar-refractivity contribution in [1.29, 1.82) is 0 Å². The minimum atomic E-state index is 0.490. The molecule has 4 saturated carbocycles. The van der Waals surface area contributed by atoms with Gasteiger partial charge in [0.25, 0.3) is 0 Å². The molecule has 0 saturated heterocycles. The lowest BCUT2D eigenvalue weighted by atomic mass is 9.48. The summed E-state index contributed by atoms with van der Waals surface area (Å²) in [5, 5.41) is 0. The van der Waals surface area contributed by atoms with E-state index in [0.29, 0.717) is 5.41 Å². The first-order valence-corrected chi connectivity index (χ1v) is 10.3. The zero-order valence-electron chi connectivity index (χ0n) is 16.3. The van der Waals surface area contributed by atoms with Gasteiger partial charge in [0.15, 0.2) is 0 Å². The molecule has 0 spiro atoms. The number of aliphatic imine (C=N–C) groups is 1. The summed E-state index contributed by atoms with van der Waals surface area (Å²) in [5.41, 5.74) is 6.92. The molecule has 2 heteroatoms. The van der Waals surface area contributed by atoms with Gasteiger partial charge >= 0.3 is 0 Å². The molecule has 1 aromatic carbocycles. The van der Waals surface area contributed by atoms with Gasteiger partial charge in [-0.1, -0.05) is 12.1 Å². The first-order valence-electron chi connectivity index (χ1n) is 10.3. The van der Waals surface area contributed by atoms with Gasteiger partial charge in [0.05, 0.1) is 5.69 Å². The van der Waals surface area contributed by atoms with Gasteiger partial charge in [-0.15, -0.1) is 0 Å². The second-order valence-electron chi connectivity index (χ2n) is 9.39. The highest BCUT2D eigenvalue weighted by atomic mass is 14.9. The molecular formula is C24H30N2. The highest BCUT2D eigenvalue weighted by Crippen LogP contribution is 2.60. The van der Waals surface area contributed by atoms with Crippen LogP contribution in [0.5, 0.6) is 0 Å². The van der Waals surface area contributed by atoms with E-state index < -0.39 is 0 Å². The van der Waals surface area contributed by atoms with Gasteiger partial charge in [-0.05, 0) is 99.3 Å². The molecule has 4 aliphatic carbocycles. The van der Waals surface area contributed by atoms with E-state index in [2.05, 4.69) is 55.8 Å². The van der Waals surface area contributed by atoms with Crippen molar-refractivity contribution in [2.24, 2.45) is 29.8 Å². The Labute approximate surface area is 157 Å². The van der Waals surface area contributed by atoms with E-state index in [0.717, 1.165) is 23.4 Å². The van der Waals surface area contributed by atoms with Crippen LogP contribution in [0, 0.1) is 31.6 Å². The maximum atomic E-state index is 4.74. The number of hydrogen-bond donors (Lipinski definition) is 0. The summed E-state index contributed by atoms with van der Waals surface area (Å²) in [6.07, 6.45) is 10.9. The van der Waals surface area contributed by atoms with Gasteiger partial charge in [0.2, 0.25) is 0 Å². The molecule has 1 heterocycles. The zero-order chi connectivity index (χ0) is 17.9. The second kappa shape index (κ2) is 5.84. The number of rotatable bonds is 3. The van der Waals surface area contributed by atoms with Crippen LogP contribution in [0.1, 0.15) is 61.0 Å². The number of aromatic nitrogens is 1. The maximum absolute atomic E-state index is 4.74. The van der Waals surface area contributed by atoms with Crippen LogP contribution in [0.4, 0.5) is 5.69 Å². The van der Waals surface area contributed by atoms with Crippen molar-refractivity contribution < 1.29 is 0 Å². The van der Waals surface area contributed by atoms with Crippen LogP contribution in [0.2, 0.25) is 0 Å². The van der Waals surface area contributed by atoms with Crippen molar-refractivity contribution in [1.82, 2.24) is 4.57 Å². The molecule has 2 aromatic rings. The molecule has 26 heavy (non-hydrogen) atoms. The largest absolute Gasteiger partial charge is 0.352 e. The van der Waals surface area contributed by atoms with Gasteiger partial charge < -0.3 is 4.57 Å². The molecule has 0 unspecified atom stereocenters. The Balaban J connectivity index is 1.38. The second-order valence-corrected chi connectivity index (χ2v) is 9.39. The van der Waals surface area contributed by atoms with Crippen LogP contribution in [-0.2, 0) is 12.5 Å². The van der Waals surface area contributed by atoms with Crippen LogP contribution in [0.3, 0.4) is 0 Å². The standard InChI is InChI=1S/C24H30N2/c1-16-8-21(17(2)26(16)3)15-25-23-6-4-22(5-7-23)24-12-18-9-19(13-24)11-20(10-18)14-24/h4-8,15,18-20H,9-14H2,1-3H3. The first kappa shape index (κ1) is 16.4. The highest BCUT2D eigenvalue weighted by molar-refractivity contribution is 5.83. The van der Waals surface area contributed by atoms with Crippen molar-refractivity contribution in [2.45, 2.75) is 57.8 Å². The fraction of sp³-hybridized carbons (Fsp3) is 0.542. The molecule has 2 nitrogen and oxygen atoms in total. The van der Waals surface area contributed by atoms with Crippen molar-refractivity contribution >= 4 is 11.9 Å². The fourth-order valence-corrected chi connectivity index (χ4v) is 6.52. The third-order valence-electron chi connectivity index (χ3n) is 7.68. The molecule has 0 atom stereocenters. The van der Waals surface area contributed by atoms with Gasteiger partial charge in [0.1, 0.15) is 0 Å². The van der Waals surface area contributed by atoms with Crippen LogP contribution in [0.15, 0.2) is 35.3 Å². The molecular weight excluding hydrogens is 316 g/mol. The minimum absolute atomic E-state index is 0.490. The lowest BCUT2D eigenvalue weighted by molar-refractivity contribution is -0.00518. The Kier molecular flexibility index (Phi) is 3.67. The number of hydrogen-bond acceptors (Lipinski definition) is 1. The molecule has 0 aliphatic heterocycles. The molecule has 0 radical (unpaired) electrons. The molecule has 4 bridgehead atoms. The Bertz CT molecular complexity index is 818. The quantitative estimate of drug-likeness (QED) is 0.619. The van der Waals surface area contributed by atoms with Crippen molar-refractivity contribution in [2.75, 3.05) is 0 Å². The average Bonchev–Trinajstić information content (AvgIpc) is 2.86. The molecule has 136 valence electrons. The van der Waals surface area contributed by atoms with E-state index in [1.807, 2.05) is 6.21 Å². The van der Waals surface area contributed by atoms with Crippen LogP contribution in [0.25, 0.3) is 0 Å². The third-order valence-corrected chi connectivity index (χ3v) is 7.68. The number of aryl methyl sites for hydroxylation is 1. The predicted octanol–water partition coefficient (Wildman–Crippen LogP) is 5.86. The van der Waals surface area contributed by atoms with Gasteiger partial charge in [-0.25, -0.2) is 0 Å². The van der Waals surface area contributed by atoms with Crippen molar-refractivity contribution in [3.63, 3.8) is 0 Å². The van der Waals surface area contributed by atoms with Crippen LogP contribution in [-0.4, -0.2) is 10.8 Å². The van der Waals surface area contributed by atoms with E-state index in [1.165, 1.54) is 55.5 Å². The smallest absolute Gasteiger partial charge is 0.0630 e. The van der Waals surface area contributed by atoms with E-state index in [4.69, 9.17) is 4.99 Å². The maximum Gasteiger partial charge on any atom is 0.0630 e. The zero-order valence-corrected chi connectivity index (χ0v) is 16.3. The summed E-state index contributed by atoms with van der Waals surface area (Å²) in [6, 6.07) is 11.4. The summed E-state index contributed by atoms with van der Waals surface area (Å²) < 4.78 is 2.22. The molecule has 0 amide bonds. The summed E-state index contributed by atoms with van der Waals surface area (Å²) in [5.74, 6) is 3.01. The van der Waals surface area contributed by atoms with Crippen molar-refractivity contribution in [3.05, 3.63) is 52.8 Å². The number of benzene rings is 1. The molecule has 6 rings (SSSR count). The minimum Gasteiger partial charge on any atom is -0.352 e. The molecule has 4 aliphatic rings. The Hall–Kier alpha value is -1.83. The van der Waals surface area contributed by atoms with E-state index in [-0.39, 0.29) is 0 Å². The average molecular weight is 347 g/mol. The SMILES string of the molecule is Cc1cc(C=Nc2ccc(C34CC5CC(CC(C5)C3)C4)cc2)c(C)n1C. The Morgan fingerprint density at radius 1 is 0.962 bits per heavy atom. The predicted molar refractivity (Wildman–Crippen MR) is 108 cm³/mol. The van der Waals surface area contributed by atoms with Gasteiger partial charge in [-0.2, -0.15) is 0 Å². The van der Waals surface area contributed by atoms with Crippen LogP contribution < -0.4 is 0 Å². The van der Waals surface area contributed by atoms with Crippen LogP contribution >= 0.6 is 0 Å². The molecule has 1 aromatic heterocycles. The first-order chi connectivity index (χ1) is 12.5. The van der Waals surface area contributed by atoms with Gasteiger partial charge in [0, 0.05) is 30.2 Å². The van der Waals surface area contributed by atoms with Gasteiger partial charge in [-0.3, -0.25) is 4.99 Å². The Morgan fingerprint density at radius 3 is 2.04 bits per heavy atom. The van der Waals surface area contributed by atoms with Crippen molar-refractivity contribution in [3.8, 4) is 0 Å². The summed E-state index contributed by atoms with van der Waals surface area (Å²) >= 11 is 0. The fourth-order valence-electron chi connectivity index (χ4n) is 6.52. The number of nitrogens with zero attached hydrogens (tertiary/aromatic N) is 2. The Morgan fingerprint density at radius 2 is 1.54 bits per heavy atom. The summed E-state index contributed by atoms with van der Waals surface area (Å²) in [6.45, 7) is 4.30. The molecule has 0 N–H and O–H groups in total. The lowest BCUT2D eigenvalue weighted by Crippen LogP contribution is -2.48. The third kappa shape index (κ3) is 2.57. The molecule has 4 fully saturated rings. The van der Waals surface area contributed by atoms with E-state index in [9.17, 15) is 0 Å². The normalized spacial score (nSPS) is 32.7. The highest BCUT2D eigenvalue weighted by Gasteiger charge is 2.51. The monoisotopic (exact) mass is 346 g/mol.